The molecule has 2 aliphatic heterocycles. The van der Waals surface area contributed by atoms with E-state index in [4.69, 9.17) is 9.47 Å². The summed E-state index contributed by atoms with van der Waals surface area (Å²) in [6.07, 6.45) is 4.47. The van der Waals surface area contributed by atoms with Crippen molar-refractivity contribution in [2.45, 2.75) is 51.0 Å². The maximum Gasteiger partial charge on any atom is 0.322 e. The van der Waals surface area contributed by atoms with Crippen molar-refractivity contribution in [3.8, 4) is 11.5 Å². The zero-order chi connectivity index (χ0) is 23.0. The fraction of sp³-hybridized carbons (Fsp3) is 0.462. The van der Waals surface area contributed by atoms with E-state index < -0.39 is 0 Å². The molecular formula is C26H31N3O4. The maximum atomic E-state index is 13.4. The van der Waals surface area contributed by atoms with Crippen LogP contribution in [-0.2, 0) is 5.41 Å². The summed E-state index contributed by atoms with van der Waals surface area (Å²) in [6, 6.07) is 11.1. The van der Waals surface area contributed by atoms with Crippen molar-refractivity contribution in [2.75, 3.05) is 31.6 Å². The van der Waals surface area contributed by atoms with Crippen LogP contribution in [0, 0.1) is 0 Å². The molecule has 0 bridgehead atoms. The van der Waals surface area contributed by atoms with Crippen LogP contribution in [-0.4, -0.2) is 43.1 Å². The Kier molecular flexibility index (Phi) is 5.64. The summed E-state index contributed by atoms with van der Waals surface area (Å²) in [6.45, 7) is 6.34. The van der Waals surface area contributed by atoms with Crippen LogP contribution in [0.25, 0.3) is 0 Å². The van der Waals surface area contributed by atoms with Crippen molar-refractivity contribution in [2.24, 2.45) is 0 Å². The third-order valence-corrected chi connectivity index (χ3v) is 7.23. The second-order valence-corrected chi connectivity index (χ2v) is 9.24. The van der Waals surface area contributed by atoms with E-state index >= 15 is 0 Å². The van der Waals surface area contributed by atoms with Gasteiger partial charge in [0, 0.05) is 29.8 Å². The monoisotopic (exact) mass is 449 g/mol. The molecule has 2 heterocycles. The summed E-state index contributed by atoms with van der Waals surface area (Å²) in [5, 5.41) is 5.82. The molecule has 3 aliphatic rings. The van der Waals surface area contributed by atoms with Gasteiger partial charge in [-0.25, -0.2) is 4.79 Å². The van der Waals surface area contributed by atoms with Crippen molar-refractivity contribution in [1.82, 2.24) is 10.2 Å². The third kappa shape index (κ3) is 3.90. The number of urea groups is 1. The molecule has 33 heavy (non-hydrogen) atoms. The molecule has 2 aromatic rings. The van der Waals surface area contributed by atoms with Gasteiger partial charge in [-0.05, 0) is 74.2 Å². The van der Waals surface area contributed by atoms with Crippen LogP contribution in [0.5, 0.6) is 11.5 Å². The van der Waals surface area contributed by atoms with Gasteiger partial charge in [0.25, 0.3) is 5.91 Å². The highest BCUT2D eigenvalue weighted by Gasteiger charge is 2.46. The molecule has 0 saturated heterocycles. The number of carbonyl (C=O) groups is 2. The molecule has 5 rings (SSSR count). The Morgan fingerprint density at radius 1 is 1.06 bits per heavy atom. The highest BCUT2D eigenvalue weighted by Crippen LogP contribution is 2.52. The largest absolute Gasteiger partial charge is 0.486 e. The van der Waals surface area contributed by atoms with Crippen molar-refractivity contribution in [3.63, 3.8) is 0 Å². The number of nitrogens with one attached hydrogen (secondary N) is 2. The second-order valence-electron chi connectivity index (χ2n) is 9.24. The Bertz CT molecular complexity index is 1060. The Balaban J connectivity index is 1.41. The fourth-order valence-electron chi connectivity index (χ4n) is 5.52. The molecule has 1 saturated carbocycles. The van der Waals surface area contributed by atoms with Crippen LogP contribution in [0.3, 0.4) is 0 Å². The summed E-state index contributed by atoms with van der Waals surface area (Å²) >= 11 is 0. The number of hydrogen-bond donors (Lipinski definition) is 2. The highest BCUT2D eigenvalue weighted by atomic mass is 16.6. The standard InChI is InChI=1S/C26H31N3O4/c1-3-27-24(30)18-6-8-19(9-7-18)28-25(31)29-16-26(10-4-5-11-26)21-15-23-22(32-12-13-33-23)14-20(21)17(29)2/h6-9,14-15,17H,3-5,10-13,16H2,1-2H3,(H,27,30)(H,28,31). The average molecular weight is 450 g/mol. The van der Waals surface area contributed by atoms with E-state index in [0.29, 0.717) is 37.6 Å². The van der Waals surface area contributed by atoms with Crippen molar-refractivity contribution in [1.29, 1.82) is 0 Å². The molecule has 1 aliphatic carbocycles. The van der Waals surface area contributed by atoms with E-state index in [1.165, 1.54) is 18.4 Å². The number of nitrogens with zero attached hydrogens (tertiary/aromatic N) is 1. The number of ether oxygens (including phenoxy) is 2. The normalized spacial score (nSPS) is 20.3. The first kappa shape index (κ1) is 21.6. The summed E-state index contributed by atoms with van der Waals surface area (Å²) < 4.78 is 11.7. The van der Waals surface area contributed by atoms with E-state index in [9.17, 15) is 9.59 Å². The molecule has 1 atom stereocenters. The topological polar surface area (TPSA) is 79.9 Å². The molecule has 7 heteroatoms. The van der Waals surface area contributed by atoms with Crippen LogP contribution >= 0.6 is 0 Å². The number of benzene rings is 2. The minimum absolute atomic E-state index is 0.0445. The average Bonchev–Trinajstić information content (AvgIpc) is 3.30. The van der Waals surface area contributed by atoms with Gasteiger partial charge >= 0.3 is 6.03 Å². The van der Waals surface area contributed by atoms with E-state index in [2.05, 4.69) is 29.7 Å². The van der Waals surface area contributed by atoms with Crippen LogP contribution in [0.2, 0.25) is 0 Å². The van der Waals surface area contributed by atoms with Crippen LogP contribution in [0.4, 0.5) is 10.5 Å². The Hall–Kier alpha value is -3.22. The number of hydrogen-bond acceptors (Lipinski definition) is 4. The van der Waals surface area contributed by atoms with Gasteiger partial charge in [-0.3, -0.25) is 4.79 Å². The lowest BCUT2D eigenvalue weighted by Gasteiger charge is -2.46. The summed E-state index contributed by atoms with van der Waals surface area (Å²) in [4.78, 5) is 27.4. The third-order valence-electron chi connectivity index (χ3n) is 7.23. The van der Waals surface area contributed by atoms with E-state index in [1.807, 2.05) is 11.8 Å². The molecule has 174 valence electrons. The lowest BCUT2D eigenvalue weighted by atomic mass is 9.71. The first-order valence-corrected chi connectivity index (χ1v) is 11.9. The predicted molar refractivity (Wildman–Crippen MR) is 126 cm³/mol. The number of carbonyl (C=O) groups excluding carboxylic acids is 2. The number of fused-ring (bicyclic) bond motifs is 3. The molecule has 2 aromatic carbocycles. The van der Waals surface area contributed by atoms with E-state index in [1.54, 1.807) is 24.3 Å². The molecule has 7 nitrogen and oxygen atoms in total. The van der Waals surface area contributed by atoms with Gasteiger partial charge in [0.15, 0.2) is 11.5 Å². The maximum absolute atomic E-state index is 13.4. The molecule has 0 radical (unpaired) electrons. The summed E-state index contributed by atoms with van der Waals surface area (Å²) in [7, 11) is 0. The molecular weight excluding hydrogens is 418 g/mol. The predicted octanol–water partition coefficient (Wildman–Crippen LogP) is 4.63. The molecule has 3 amide bonds. The van der Waals surface area contributed by atoms with Crippen molar-refractivity contribution < 1.29 is 19.1 Å². The zero-order valence-corrected chi connectivity index (χ0v) is 19.3. The van der Waals surface area contributed by atoms with Crippen LogP contribution in [0.1, 0.15) is 67.1 Å². The van der Waals surface area contributed by atoms with Gasteiger partial charge in [-0.15, -0.1) is 0 Å². The Morgan fingerprint density at radius 3 is 2.39 bits per heavy atom. The lowest BCUT2D eigenvalue weighted by Crippen LogP contribution is -2.50. The number of anilines is 1. The smallest absolute Gasteiger partial charge is 0.322 e. The minimum atomic E-state index is -0.125. The van der Waals surface area contributed by atoms with E-state index in [0.717, 1.165) is 29.9 Å². The zero-order valence-electron chi connectivity index (χ0n) is 19.3. The molecule has 0 aromatic heterocycles. The van der Waals surface area contributed by atoms with Crippen LogP contribution in [0.15, 0.2) is 36.4 Å². The first-order valence-electron chi connectivity index (χ1n) is 11.9. The molecule has 1 unspecified atom stereocenters. The van der Waals surface area contributed by atoms with Gasteiger partial charge < -0.3 is 25.0 Å². The lowest BCUT2D eigenvalue weighted by molar-refractivity contribution is 0.0956. The van der Waals surface area contributed by atoms with Gasteiger partial charge in [-0.1, -0.05) is 12.8 Å². The van der Waals surface area contributed by atoms with Crippen molar-refractivity contribution in [3.05, 3.63) is 53.1 Å². The highest BCUT2D eigenvalue weighted by molar-refractivity contribution is 5.95. The van der Waals surface area contributed by atoms with E-state index in [-0.39, 0.29) is 23.4 Å². The first-order chi connectivity index (χ1) is 16.0. The molecule has 1 spiro atoms. The minimum Gasteiger partial charge on any atom is -0.486 e. The Morgan fingerprint density at radius 2 is 1.73 bits per heavy atom. The SMILES string of the molecule is CCNC(=O)c1ccc(NC(=O)N2CC3(CCCC3)c3cc4c(cc3C2C)OCCO4)cc1. The fourth-order valence-corrected chi connectivity index (χ4v) is 5.52. The molecule has 2 N–H and O–H groups in total. The van der Waals surface area contributed by atoms with Crippen LogP contribution < -0.4 is 20.1 Å². The molecule has 1 fully saturated rings. The summed E-state index contributed by atoms with van der Waals surface area (Å²) in [5.41, 5.74) is 3.67. The van der Waals surface area contributed by atoms with Gasteiger partial charge in [0.2, 0.25) is 0 Å². The Labute approximate surface area is 194 Å². The number of rotatable bonds is 3. The summed E-state index contributed by atoms with van der Waals surface area (Å²) in [5.74, 6) is 1.47. The number of amides is 3. The quantitative estimate of drug-likeness (QED) is 0.716. The van der Waals surface area contributed by atoms with Gasteiger partial charge in [0.05, 0.1) is 6.04 Å². The van der Waals surface area contributed by atoms with Gasteiger partial charge in [0.1, 0.15) is 13.2 Å². The second kappa shape index (κ2) is 8.61. The van der Waals surface area contributed by atoms with Gasteiger partial charge in [-0.2, -0.15) is 0 Å². The van der Waals surface area contributed by atoms with Crippen molar-refractivity contribution >= 4 is 17.6 Å².